The van der Waals surface area contributed by atoms with E-state index in [-0.39, 0.29) is 0 Å². The summed E-state index contributed by atoms with van der Waals surface area (Å²) < 4.78 is 2.45. The van der Waals surface area contributed by atoms with E-state index < -0.39 is 6.10 Å². The van der Waals surface area contributed by atoms with Crippen LogP contribution in [0.2, 0.25) is 5.02 Å². The van der Waals surface area contributed by atoms with Gasteiger partial charge in [0.1, 0.15) is 5.69 Å². The van der Waals surface area contributed by atoms with Gasteiger partial charge in [-0.2, -0.15) is 0 Å². The fourth-order valence-corrected chi connectivity index (χ4v) is 2.01. The van der Waals surface area contributed by atoms with E-state index in [0.29, 0.717) is 17.1 Å². The van der Waals surface area contributed by atoms with Crippen molar-refractivity contribution < 1.29 is 5.11 Å². The third kappa shape index (κ3) is 2.68. The monoisotopic (exact) mass is 315 g/mol. The third-order valence-corrected chi connectivity index (χ3v) is 3.30. The zero-order chi connectivity index (χ0) is 12.4. The number of benzene rings is 1. The molecule has 17 heavy (non-hydrogen) atoms. The van der Waals surface area contributed by atoms with Crippen LogP contribution in [0, 0.1) is 0 Å². The molecule has 0 saturated carbocycles. The quantitative estimate of drug-likeness (QED) is 0.946. The SMILES string of the molecule is CCC(O)c1cn(-c2cc(Cl)ccc2Br)nn1. The highest BCUT2D eigenvalue weighted by atomic mass is 79.9. The molecule has 1 aromatic heterocycles. The molecule has 0 aliphatic rings. The first-order chi connectivity index (χ1) is 8.11. The lowest BCUT2D eigenvalue weighted by atomic mass is 10.2. The van der Waals surface area contributed by atoms with E-state index in [0.717, 1.165) is 10.2 Å². The molecule has 6 heteroatoms. The molecule has 1 atom stereocenters. The molecule has 1 N–H and O–H groups in total. The molecule has 0 spiro atoms. The highest BCUT2D eigenvalue weighted by Crippen LogP contribution is 2.25. The summed E-state index contributed by atoms with van der Waals surface area (Å²) in [5.41, 5.74) is 1.35. The van der Waals surface area contributed by atoms with Gasteiger partial charge >= 0.3 is 0 Å². The number of aliphatic hydroxyl groups is 1. The predicted molar refractivity (Wildman–Crippen MR) is 69.3 cm³/mol. The maximum atomic E-state index is 9.66. The van der Waals surface area contributed by atoms with E-state index in [4.69, 9.17) is 11.6 Å². The topological polar surface area (TPSA) is 50.9 Å². The van der Waals surface area contributed by atoms with Crippen molar-refractivity contribution in [2.24, 2.45) is 0 Å². The summed E-state index contributed by atoms with van der Waals surface area (Å²) in [4.78, 5) is 0. The first-order valence-corrected chi connectivity index (χ1v) is 6.34. The molecule has 90 valence electrons. The van der Waals surface area contributed by atoms with E-state index in [9.17, 15) is 5.11 Å². The predicted octanol–water partition coefficient (Wildman–Crippen LogP) is 3.13. The second kappa shape index (κ2) is 5.16. The molecule has 0 radical (unpaired) electrons. The van der Waals surface area contributed by atoms with Crippen molar-refractivity contribution in [3.63, 3.8) is 0 Å². The third-order valence-electron chi connectivity index (χ3n) is 2.39. The number of hydrogen-bond acceptors (Lipinski definition) is 3. The van der Waals surface area contributed by atoms with Gasteiger partial charge in [0.2, 0.25) is 0 Å². The molecule has 0 saturated heterocycles. The van der Waals surface area contributed by atoms with Gasteiger partial charge in [-0.3, -0.25) is 0 Å². The zero-order valence-corrected chi connectivity index (χ0v) is 11.5. The van der Waals surface area contributed by atoms with Gasteiger partial charge < -0.3 is 5.11 Å². The molecule has 1 heterocycles. The van der Waals surface area contributed by atoms with Crippen LogP contribution in [0.5, 0.6) is 0 Å². The van der Waals surface area contributed by atoms with E-state index in [2.05, 4.69) is 26.2 Å². The first kappa shape index (κ1) is 12.5. The number of nitrogens with zero attached hydrogens (tertiary/aromatic N) is 3. The minimum atomic E-state index is -0.582. The summed E-state index contributed by atoms with van der Waals surface area (Å²) in [6, 6.07) is 5.41. The Morgan fingerprint density at radius 1 is 1.53 bits per heavy atom. The summed E-state index contributed by atoms with van der Waals surface area (Å²) in [5, 5.41) is 18.2. The van der Waals surface area contributed by atoms with Crippen LogP contribution >= 0.6 is 27.5 Å². The van der Waals surface area contributed by atoms with E-state index in [1.807, 2.05) is 13.0 Å². The van der Waals surface area contributed by atoms with Gasteiger partial charge in [-0.25, -0.2) is 4.68 Å². The minimum Gasteiger partial charge on any atom is -0.387 e. The standard InChI is InChI=1S/C11H11BrClN3O/c1-2-11(17)9-6-16(15-14-9)10-5-7(13)3-4-8(10)12/h3-6,11,17H,2H2,1H3. The molecule has 4 nitrogen and oxygen atoms in total. The van der Waals surface area contributed by atoms with Crippen molar-refractivity contribution in [3.8, 4) is 5.69 Å². The lowest BCUT2D eigenvalue weighted by molar-refractivity contribution is 0.169. The van der Waals surface area contributed by atoms with Crippen molar-refractivity contribution >= 4 is 27.5 Å². The molecule has 1 aromatic carbocycles. The Balaban J connectivity index is 2.40. The van der Waals surface area contributed by atoms with Gasteiger partial charge in [0.25, 0.3) is 0 Å². The fourth-order valence-electron chi connectivity index (χ4n) is 1.42. The maximum absolute atomic E-state index is 9.66. The van der Waals surface area contributed by atoms with Crippen LogP contribution < -0.4 is 0 Å². The van der Waals surface area contributed by atoms with Gasteiger partial charge in [-0.05, 0) is 40.5 Å². The van der Waals surface area contributed by atoms with Crippen LogP contribution in [0.15, 0.2) is 28.9 Å². The average molecular weight is 317 g/mol. The number of halogens is 2. The second-order valence-corrected chi connectivity index (χ2v) is 4.90. The summed E-state index contributed by atoms with van der Waals surface area (Å²) >= 11 is 9.35. The molecule has 0 amide bonds. The summed E-state index contributed by atoms with van der Waals surface area (Å²) in [7, 11) is 0. The van der Waals surface area contributed by atoms with Crippen LogP contribution in [-0.2, 0) is 0 Å². The number of hydrogen-bond donors (Lipinski definition) is 1. The Morgan fingerprint density at radius 2 is 2.29 bits per heavy atom. The molecule has 0 aliphatic carbocycles. The fraction of sp³-hybridized carbons (Fsp3) is 0.273. The summed E-state index contributed by atoms with van der Waals surface area (Å²) in [6.45, 7) is 1.89. The molecule has 1 unspecified atom stereocenters. The van der Waals surface area contributed by atoms with Gasteiger partial charge in [-0.15, -0.1) is 5.10 Å². The van der Waals surface area contributed by atoms with Crippen molar-refractivity contribution in [1.29, 1.82) is 0 Å². The molecule has 2 aromatic rings. The van der Waals surface area contributed by atoms with Gasteiger partial charge in [0.15, 0.2) is 0 Å². The van der Waals surface area contributed by atoms with Crippen molar-refractivity contribution in [3.05, 3.63) is 39.6 Å². The van der Waals surface area contributed by atoms with Crippen LogP contribution in [0.4, 0.5) is 0 Å². The van der Waals surface area contributed by atoms with Gasteiger partial charge in [0.05, 0.1) is 18.0 Å². The summed E-state index contributed by atoms with van der Waals surface area (Å²) in [5.74, 6) is 0. The Labute approximate surface area is 112 Å². The van der Waals surface area contributed by atoms with E-state index >= 15 is 0 Å². The highest BCUT2D eigenvalue weighted by Gasteiger charge is 2.12. The van der Waals surface area contributed by atoms with Crippen LogP contribution in [0.25, 0.3) is 5.69 Å². The maximum Gasteiger partial charge on any atom is 0.112 e. The molecule has 0 aliphatic heterocycles. The normalized spacial score (nSPS) is 12.7. The molecular formula is C11H11BrClN3O. The summed E-state index contributed by atoms with van der Waals surface area (Å²) in [6.07, 6.45) is 1.72. The largest absolute Gasteiger partial charge is 0.387 e. The van der Waals surface area contributed by atoms with Crippen molar-refractivity contribution in [2.45, 2.75) is 19.4 Å². The molecule has 2 rings (SSSR count). The number of aromatic nitrogens is 3. The molecular weight excluding hydrogens is 305 g/mol. The van der Waals surface area contributed by atoms with E-state index in [1.165, 1.54) is 0 Å². The van der Waals surface area contributed by atoms with Gasteiger partial charge in [-0.1, -0.05) is 23.7 Å². The molecule has 0 fully saturated rings. The number of rotatable bonds is 3. The number of aliphatic hydroxyl groups excluding tert-OH is 1. The van der Waals surface area contributed by atoms with Crippen LogP contribution in [0.3, 0.4) is 0 Å². The Morgan fingerprint density at radius 3 is 3.00 bits per heavy atom. The van der Waals surface area contributed by atoms with Crippen LogP contribution in [0.1, 0.15) is 25.1 Å². The minimum absolute atomic E-state index is 0.555. The Bertz CT molecular complexity index is 529. The Hall–Kier alpha value is -0.910. The highest BCUT2D eigenvalue weighted by molar-refractivity contribution is 9.10. The van der Waals surface area contributed by atoms with E-state index in [1.54, 1.807) is 23.0 Å². The smallest absolute Gasteiger partial charge is 0.112 e. The van der Waals surface area contributed by atoms with Crippen molar-refractivity contribution in [1.82, 2.24) is 15.0 Å². The van der Waals surface area contributed by atoms with Gasteiger partial charge in [0, 0.05) is 9.50 Å². The lowest BCUT2D eigenvalue weighted by Gasteiger charge is -2.04. The lowest BCUT2D eigenvalue weighted by Crippen LogP contribution is -1.96. The molecule has 0 bridgehead atoms. The van der Waals surface area contributed by atoms with Crippen LogP contribution in [-0.4, -0.2) is 20.1 Å². The van der Waals surface area contributed by atoms with Crippen molar-refractivity contribution in [2.75, 3.05) is 0 Å². The second-order valence-electron chi connectivity index (χ2n) is 3.61. The zero-order valence-electron chi connectivity index (χ0n) is 9.14. The first-order valence-electron chi connectivity index (χ1n) is 5.17. The average Bonchev–Trinajstić information content (AvgIpc) is 2.80. The Kier molecular flexibility index (Phi) is 3.81.